The largest absolute Gasteiger partial charge is 0.508 e. The van der Waals surface area contributed by atoms with E-state index in [1.54, 1.807) is 0 Å². The summed E-state index contributed by atoms with van der Waals surface area (Å²) in [6, 6.07) is 0.681. The van der Waals surface area contributed by atoms with Crippen molar-refractivity contribution in [2.24, 2.45) is 5.73 Å². The van der Waals surface area contributed by atoms with E-state index in [1.165, 1.54) is 30.3 Å². The summed E-state index contributed by atoms with van der Waals surface area (Å²) in [4.78, 5) is 138. The number of carbonyl (C=O) groups is 9. The van der Waals surface area contributed by atoms with E-state index in [9.17, 15) is 95.8 Å². The Morgan fingerprint density at radius 2 is 1.03 bits per heavy atom. The Labute approximate surface area is 759 Å². The molecule has 0 aromatic heterocycles. The maximum atomic E-state index is 17.0. The number of amides is 8. The number of aliphatic hydroxyl groups is 10. The van der Waals surface area contributed by atoms with Gasteiger partial charge >= 0.3 is 5.97 Å². The minimum absolute atomic E-state index is 0.0272. The number of nitrogens with one attached hydrogen (secondary N) is 8. The monoisotopic (exact) mass is 1880 g/mol. The highest BCUT2D eigenvalue weighted by Crippen LogP contribution is 2.51. The number of carboxylic acids is 1. The number of hydrogen-bond acceptors (Lipinski definition) is 33. The van der Waals surface area contributed by atoms with Gasteiger partial charge in [-0.05, 0) is 119 Å². The predicted molar refractivity (Wildman–Crippen MR) is 453 cm³/mol. The number of carbonyl (C=O) groups excluding carboxylic acids is 8. The SMILES string of the molecule is CCCCCCCCCC(=O)N[C@@H]1[C@H](Oc2c3cc4cc2Oc2ccc(cc2Cl)[C@@H](O[C@@H]2O[C@H](CO)[C@@H](O)[C@H](O)[C@H]2NC(C)=O)[C@@H]2NC(=O)[C@H](NC(=O)[C@@H]4NC(=O)[C@H]4NC(=O)[C@@H](Cc5ccc(c(Cl)c5)O3)NC(=O)[C@H](N)c3ccc(O)c(c3)Oc3cc(O)cc4c3)c3ccc(O)c(c3)-c3c(O[C@H]4O[C@H](CO)[C@@H](O)[C@H](O)[C@@H]4O)cc(O)cc3[C@@H](C(=O)O)NC2=O)O[C@@H](CO)[C@H](O)[C@H]1O. The second-order valence-electron chi connectivity index (χ2n) is 32.7. The summed E-state index contributed by atoms with van der Waals surface area (Å²) >= 11 is 14.7. The third-order valence-corrected chi connectivity index (χ3v) is 24.0. The number of carboxylic acid groups (broad SMARTS) is 1. The van der Waals surface area contributed by atoms with E-state index in [0.29, 0.717) is 12.8 Å². The highest BCUT2D eigenvalue weighted by Gasteiger charge is 2.52. The first-order chi connectivity index (χ1) is 63.0. The summed E-state index contributed by atoms with van der Waals surface area (Å²) in [5.41, 5.74) is 2.79. The Morgan fingerprint density at radius 3 is 1.66 bits per heavy atom. The van der Waals surface area contributed by atoms with Crippen molar-refractivity contribution < 1.29 is 162 Å². The van der Waals surface area contributed by atoms with Gasteiger partial charge in [0.05, 0.1) is 29.9 Å². The van der Waals surface area contributed by atoms with E-state index in [2.05, 4.69) is 49.5 Å². The number of fused-ring (bicyclic) bond motifs is 14. The number of hydrogen-bond donors (Lipinski definition) is 24. The number of halogens is 2. The van der Waals surface area contributed by atoms with E-state index >= 15 is 24.0 Å². The van der Waals surface area contributed by atoms with Gasteiger partial charge in [-0.1, -0.05) is 92.9 Å². The van der Waals surface area contributed by atoms with Gasteiger partial charge in [0.15, 0.2) is 35.3 Å². The lowest BCUT2D eigenvalue weighted by Gasteiger charge is -2.44. The molecular formula is C88H97Cl2N9O33. The smallest absolute Gasteiger partial charge is 0.330 e. The lowest BCUT2D eigenvalue weighted by atomic mass is 9.89. The van der Waals surface area contributed by atoms with Gasteiger partial charge in [-0.25, -0.2) is 4.79 Å². The van der Waals surface area contributed by atoms with Crippen molar-refractivity contribution in [2.75, 3.05) is 19.8 Å². The van der Waals surface area contributed by atoms with Gasteiger partial charge in [-0.15, -0.1) is 0 Å². The van der Waals surface area contributed by atoms with Crippen LogP contribution in [0.4, 0.5) is 0 Å². The van der Waals surface area contributed by atoms with Crippen molar-refractivity contribution in [1.29, 1.82) is 0 Å². The van der Waals surface area contributed by atoms with Crippen LogP contribution >= 0.6 is 23.2 Å². The summed E-state index contributed by atoms with van der Waals surface area (Å²) in [6.45, 7) is -0.110. The molecule has 25 N–H and O–H groups in total. The molecule has 706 valence electrons. The zero-order valence-corrected chi connectivity index (χ0v) is 71.6. The van der Waals surface area contributed by atoms with Crippen molar-refractivity contribution in [3.63, 3.8) is 0 Å². The number of ether oxygens (including phenoxy) is 9. The standard InChI is InChI=1S/C88H97Cl2N9O33/c1-3-4-5-6-7-8-9-10-60(108)94-68-74(113)71(110)58(32-101)129-87(68)132-78-55-26-40-27-56(78)126-52-18-14-38(24-47(52)90)77(131-86-67(92-34(2)103)73(112)70(109)57(31-100)128-86)69-84(121)98-66(85(122)123)45-29-42(105)30-54(127-88-76(115)75(114)72(111)59(33-102)130-88)61(45)44-23-37(13-15-49(44)106)63(81(118)99-69)96-83(120)65(40)97-82(119)64-39-21-41(104)28-43(22-39)124-53-25-36(12-16-50(53)107)62(91)80(117)93-48(79(116)95-64)20-35-11-17-51(125-55)46(89)19-35/h11-19,21-30,48,57-59,62-77,86-88,100-102,104-107,109-115H,3-10,20,31-33,91H2,1-2H3,(H,92,103)(H,93,117)(H,94,108)(H,95,116)(H,96,120)(H,97,119)(H,98,121)(H,99,118)(H,122,123)/t48-,57-,58+,59-,62-,63-,64+,65-,66+,67-,68+,69+,70-,71+,72-,73-,74+,75+,76+,77-,86+,87+,88+/m1/s1. The van der Waals surface area contributed by atoms with Crippen LogP contribution in [0.5, 0.6) is 69.0 Å². The molecule has 8 amide bonds. The fraction of sp³-hybridized carbons (Fsp3) is 0.420. The van der Waals surface area contributed by atoms with Crippen LogP contribution in [0.25, 0.3) is 11.1 Å². The normalized spacial score (nSPS) is 28.9. The van der Waals surface area contributed by atoms with Crippen LogP contribution in [0, 0.1) is 0 Å². The van der Waals surface area contributed by atoms with Crippen LogP contribution in [0.3, 0.4) is 0 Å². The zero-order valence-electron chi connectivity index (χ0n) is 70.1. The van der Waals surface area contributed by atoms with E-state index in [1.807, 2.05) is 0 Å². The summed E-state index contributed by atoms with van der Waals surface area (Å²) in [6.07, 6.45) is -23.8. The molecule has 9 aliphatic heterocycles. The van der Waals surface area contributed by atoms with Gasteiger partial charge in [0, 0.05) is 48.6 Å². The summed E-state index contributed by atoms with van der Waals surface area (Å²) in [5.74, 6) is -19.5. The van der Waals surface area contributed by atoms with Crippen LogP contribution in [-0.4, -0.2) is 254 Å². The molecule has 0 spiro atoms. The minimum Gasteiger partial charge on any atom is -0.508 e. The Morgan fingerprint density at radius 1 is 0.485 bits per heavy atom. The molecule has 0 unspecified atom stereocenters. The molecule has 7 aromatic carbocycles. The van der Waals surface area contributed by atoms with E-state index in [0.717, 1.165) is 124 Å². The molecular weight excluding hydrogens is 1780 g/mol. The fourth-order valence-electron chi connectivity index (χ4n) is 16.5. The second kappa shape index (κ2) is 41.0. The number of aliphatic hydroxyl groups excluding tert-OH is 10. The van der Waals surface area contributed by atoms with Crippen molar-refractivity contribution in [3.05, 3.63) is 164 Å². The molecule has 17 bridgehead atoms. The summed E-state index contributed by atoms with van der Waals surface area (Å²) in [7, 11) is 0. The number of phenolic OH excluding ortho intramolecular Hbond substituents is 4. The van der Waals surface area contributed by atoms with Crippen LogP contribution in [0.15, 0.2) is 115 Å². The third-order valence-electron chi connectivity index (χ3n) is 23.5. The molecule has 23 atom stereocenters. The molecule has 3 fully saturated rings. The van der Waals surface area contributed by atoms with Crippen molar-refractivity contribution >= 4 is 76.4 Å². The van der Waals surface area contributed by atoms with Crippen LogP contribution in [-0.2, 0) is 68.5 Å². The first kappa shape index (κ1) is 96.0. The average Bonchev–Trinajstić information content (AvgIpc) is 0.757. The van der Waals surface area contributed by atoms with Gasteiger partial charge in [-0.3, -0.25) is 38.4 Å². The number of phenols is 4. The number of unbranched alkanes of at least 4 members (excludes halogenated alkanes) is 6. The number of rotatable bonds is 20. The predicted octanol–water partition coefficient (Wildman–Crippen LogP) is 1.16. The molecule has 7 aromatic rings. The molecule has 16 rings (SSSR count). The van der Waals surface area contributed by atoms with Gasteiger partial charge < -0.3 is 167 Å². The van der Waals surface area contributed by atoms with Gasteiger partial charge in [0.25, 0.3) is 0 Å². The molecule has 3 saturated heterocycles. The highest BCUT2D eigenvalue weighted by atomic mass is 35.5. The lowest BCUT2D eigenvalue weighted by molar-refractivity contribution is -0.284. The van der Waals surface area contributed by atoms with E-state index in [4.69, 9.17) is 71.6 Å². The first-order valence-corrected chi connectivity index (χ1v) is 42.9. The molecule has 9 heterocycles. The van der Waals surface area contributed by atoms with Gasteiger partial charge in [-0.2, -0.15) is 0 Å². The molecule has 42 nitrogen and oxygen atoms in total. The summed E-state index contributed by atoms with van der Waals surface area (Å²) in [5, 5.41) is 190. The fourth-order valence-corrected chi connectivity index (χ4v) is 17.0. The molecule has 0 saturated carbocycles. The molecule has 44 heteroatoms. The quantitative estimate of drug-likeness (QED) is 0.0476. The number of benzene rings is 7. The van der Waals surface area contributed by atoms with Gasteiger partial charge in [0.2, 0.25) is 65.6 Å². The van der Waals surface area contributed by atoms with Crippen LogP contribution in [0.1, 0.15) is 140 Å². The minimum atomic E-state index is -2.59. The Bertz CT molecular complexity index is 5540. The molecule has 0 radical (unpaired) electrons. The first-order valence-electron chi connectivity index (χ1n) is 42.1. The van der Waals surface area contributed by atoms with Crippen LogP contribution in [0.2, 0.25) is 10.0 Å². The maximum absolute atomic E-state index is 17.0. The average molecular weight is 1880 g/mol. The Hall–Kier alpha value is -12.1. The topological polar surface area (TPSA) is 662 Å². The van der Waals surface area contributed by atoms with Crippen molar-refractivity contribution in [3.8, 4) is 80.1 Å². The Balaban J connectivity index is 1.04. The Kier molecular flexibility index (Phi) is 29.8. The van der Waals surface area contributed by atoms with Crippen molar-refractivity contribution in [2.45, 2.75) is 212 Å². The summed E-state index contributed by atoms with van der Waals surface area (Å²) < 4.78 is 57.5. The third kappa shape index (κ3) is 20.7. The number of aromatic hydroxyl groups is 4. The molecule has 9 aliphatic rings. The molecule has 132 heavy (non-hydrogen) atoms. The second-order valence-corrected chi connectivity index (χ2v) is 33.5. The number of nitrogens with two attached hydrogens (primary N) is 1. The highest BCUT2D eigenvalue weighted by molar-refractivity contribution is 6.32. The number of aliphatic carboxylic acids is 1. The zero-order chi connectivity index (χ0) is 94.7. The van der Waals surface area contributed by atoms with E-state index < -0.39 is 316 Å². The van der Waals surface area contributed by atoms with E-state index in [-0.39, 0.29) is 39.8 Å². The maximum Gasteiger partial charge on any atom is 0.330 e. The van der Waals surface area contributed by atoms with Crippen molar-refractivity contribution in [1.82, 2.24) is 42.5 Å². The lowest BCUT2D eigenvalue weighted by Crippen LogP contribution is -2.65. The van der Waals surface area contributed by atoms with Crippen LogP contribution < -0.4 is 72.0 Å². The van der Waals surface area contributed by atoms with Gasteiger partial charge in [0.1, 0.15) is 156 Å². The molecule has 0 aliphatic carbocycles.